The van der Waals surface area contributed by atoms with Gasteiger partial charge in [-0.3, -0.25) is 14.2 Å². The maximum atomic E-state index is 13.5. The van der Waals surface area contributed by atoms with Gasteiger partial charge in [-0.05, 0) is 24.1 Å². The van der Waals surface area contributed by atoms with E-state index in [-0.39, 0.29) is 11.5 Å². The lowest BCUT2D eigenvalue weighted by molar-refractivity contribution is -0.129. The summed E-state index contributed by atoms with van der Waals surface area (Å²) in [6.45, 7) is 7.02. The third-order valence-corrected chi connectivity index (χ3v) is 6.71. The van der Waals surface area contributed by atoms with Crippen LogP contribution in [0.4, 0.5) is 0 Å². The Morgan fingerprint density at radius 3 is 2.67 bits per heavy atom. The van der Waals surface area contributed by atoms with Crippen LogP contribution in [-0.4, -0.2) is 32.2 Å². The molecule has 140 valence electrons. The molecular weight excluding hydrogens is 378 g/mol. The monoisotopic (exact) mass is 399 g/mol. The number of hydrogen-bond acceptors (Lipinski definition) is 5. The van der Waals surface area contributed by atoms with Crippen molar-refractivity contribution in [2.75, 3.05) is 6.54 Å². The summed E-state index contributed by atoms with van der Waals surface area (Å²) in [7, 11) is 0. The van der Waals surface area contributed by atoms with Crippen molar-refractivity contribution in [3.63, 3.8) is 0 Å². The Morgan fingerprint density at radius 1 is 1.26 bits per heavy atom. The van der Waals surface area contributed by atoms with Crippen LogP contribution >= 0.6 is 23.1 Å². The molecule has 0 spiro atoms. The number of fused-ring (bicyclic) bond motifs is 3. The minimum absolute atomic E-state index is 0.0110. The zero-order valence-electron chi connectivity index (χ0n) is 15.6. The van der Waals surface area contributed by atoms with Gasteiger partial charge in [-0.25, -0.2) is 4.98 Å². The highest BCUT2D eigenvalue weighted by Crippen LogP contribution is 2.34. The lowest BCUT2D eigenvalue weighted by Crippen LogP contribution is -2.34. The molecule has 3 aromatic rings. The average Bonchev–Trinajstić information content (AvgIpc) is 2.99. The Balaban J connectivity index is 1.95. The maximum absolute atomic E-state index is 13.5. The average molecular weight is 400 g/mol. The largest absolute Gasteiger partial charge is 0.337 e. The molecule has 0 radical (unpaired) electrons. The molecule has 0 atom stereocenters. The van der Waals surface area contributed by atoms with E-state index in [9.17, 15) is 9.59 Å². The first-order valence-corrected chi connectivity index (χ1v) is 10.7. The highest BCUT2D eigenvalue weighted by molar-refractivity contribution is 7.99. The Morgan fingerprint density at radius 2 is 2.00 bits per heavy atom. The number of thiophene rings is 1. The molecule has 0 saturated heterocycles. The van der Waals surface area contributed by atoms with Gasteiger partial charge in [0.25, 0.3) is 5.56 Å². The van der Waals surface area contributed by atoms with Crippen LogP contribution in [0.5, 0.6) is 0 Å². The lowest BCUT2D eigenvalue weighted by Gasteiger charge is -2.25. The summed E-state index contributed by atoms with van der Waals surface area (Å²) in [5.74, 6) is 0.0730. The number of rotatable bonds is 3. The highest BCUT2D eigenvalue weighted by Gasteiger charge is 2.26. The molecule has 27 heavy (non-hydrogen) atoms. The van der Waals surface area contributed by atoms with Gasteiger partial charge in [-0.1, -0.05) is 43.8 Å². The molecule has 0 saturated carbocycles. The second-order valence-corrected chi connectivity index (χ2v) is 9.54. The van der Waals surface area contributed by atoms with E-state index in [0.717, 1.165) is 31.5 Å². The summed E-state index contributed by atoms with van der Waals surface area (Å²) in [6, 6.07) is 9.69. The summed E-state index contributed by atoms with van der Waals surface area (Å²) in [4.78, 5) is 33.8. The van der Waals surface area contributed by atoms with Crippen LogP contribution in [0.25, 0.3) is 15.9 Å². The Labute approximate surface area is 166 Å². The molecule has 1 amide bonds. The van der Waals surface area contributed by atoms with E-state index in [2.05, 4.69) is 13.8 Å². The lowest BCUT2D eigenvalue weighted by atomic mass is 10.1. The molecule has 4 rings (SSSR count). The van der Waals surface area contributed by atoms with Gasteiger partial charge in [0.15, 0.2) is 5.16 Å². The van der Waals surface area contributed by atoms with E-state index >= 15 is 0 Å². The van der Waals surface area contributed by atoms with E-state index in [1.54, 1.807) is 34.6 Å². The van der Waals surface area contributed by atoms with Gasteiger partial charge in [0.2, 0.25) is 5.91 Å². The van der Waals surface area contributed by atoms with E-state index < -0.39 is 0 Å². The molecule has 0 fully saturated rings. The van der Waals surface area contributed by atoms with Gasteiger partial charge in [-0.2, -0.15) is 0 Å². The van der Waals surface area contributed by atoms with Crippen molar-refractivity contribution in [2.24, 2.45) is 0 Å². The van der Waals surface area contributed by atoms with Gasteiger partial charge >= 0.3 is 0 Å². The van der Waals surface area contributed by atoms with E-state index in [0.29, 0.717) is 24.8 Å². The number of carbonyl (C=O) groups is 1. The Bertz CT molecular complexity index is 1070. The van der Waals surface area contributed by atoms with Gasteiger partial charge in [0.05, 0.1) is 17.6 Å². The number of nitrogens with zero attached hydrogens (tertiary/aromatic N) is 3. The van der Waals surface area contributed by atoms with Gasteiger partial charge in [0.1, 0.15) is 4.83 Å². The molecule has 1 aliphatic rings. The van der Waals surface area contributed by atoms with Crippen molar-refractivity contribution in [3.05, 3.63) is 51.1 Å². The minimum Gasteiger partial charge on any atom is -0.337 e. The van der Waals surface area contributed by atoms with Crippen molar-refractivity contribution in [1.29, 1.82) is 0 Å². The van der Waals surface area contributed by atoms with E-state index in [4.69, 9.17) is 4.98 Å². The first-order valence-electron chi connectivity index (χ1n) is 9.00. The van der Waals surface area contributed by atoms with Crippen molar-refractivity contribution in [1.82, 2.24) is 14.5 Å². The second-order valence-electron chi connectivity index (χ2n) is 6.91. The van der Waals surface area contributed by atoms with Crippen LogP contribution < -0.4 is 5.56 Å². The predicted octanol–water partition coefficient (Wildman–Crippen LogP) is 3.85. The summed E-state index contributed by atoms with van der Waals surface area (Å²) in [5.41, 5.74) is 1.89. The quantitative estimate of drug-likeness (QED) is 0.496. The fraction of sp³-hybridized carbons (Fsp3) is 0.350. The van der Waals surface area contributed by atoms with E-state index in [1.807, 2.05) is 35.2 Å². The molecule has 0 aliphatic carbocycles. The molecule has 0 bridgehead atoms. The highest BCUT2D eigenvalue weighted by atomic mass is 32.2. The summed E-state index contributed by atoms with van der Waals surface area (Å²) in [6.07, 6.45) is 0.706. The Kier molecular flexibility index (Phi) is 4.82. The zero-order valence-corrected chi connectivity index (χ0v) is 17.2. The molecule has 7 heteroatoms. The molecule has 1 aromatic carbocycles. The summed E-state index contributed by atoms with van der Waals surface area (Å²) >= 11 is 3.14. The van der Waals surface area contributed by atoms with Crippen LogP contribution in [0, 0.1) is 0 Å². The number of para-hydroxylation sites is 1. The van der Waals surface area contributed by atoms with Gasteiger partial charge in [0, 0.05) is 23.6 Å². The number of hydrogen-bond donors (Lipinski definition) is 0. The molecular formula is C20H21N3O2S2. The fourth-order valence-electron chi connectivity index (χ4n) is 3.39. The van der Waals surface area contributed by atoms with Crippen LogP contribution in [0.1, 0.15) is 31.2 Å². The topological polar surface area (TPSA) is 55.2 Å². The van der Waals surface area contributed by atoms with Crippen LogP contribution in [0.15, 0.2) is 40.3 Å². The molecule has 0 N–H and O–H groups in total. The fourth-order valence-corrected chi connectivity index (χ4v) is 5.53. The smallest absolute Gasteiger partial charge is 0.267 e. The number of aromatic nitrogens is 2. The van der Waals surface area contributed by atoms with Crippen molar-refractivity contribution < 1.29 is 4.79 Å². The minimum atomic E-state index is -0.0110. The Hall–Kier alpha value is -2.12. The first-order chi connectivity index (χ1) is 13.0. The SMILES string of the molecule is CC(=O)N1CCc2c(sc3nc(SC(C)C)n(-c4ccccc4)c(=O)c23)C1. The number of thioether (sulfide) groups is 1. The first kappa shape index (κ1) is 18.3. The summed E-state index contributed by atoms with van der Waals surface area (Å²) < 4.78 is 1.73. The number of carbonyl (C=O) groups excluding carboxylic acids is 1. The second kappa shape index (κ2) is 7.13. The number of amides is 1. The molecule has 5 nitrogen and oxygen atoms in total. The molecule has 0 unspecified atom stereocenters. The standard InChI is InChI=1S/C20H21N3O2S2/c1-12(2)26-20-21-18-17(19(25)23(20)14-7-5-4-6-8-14)15-9-10-22(13(3)24)11-16(15)27-18/h4-8,12H,9-11H2,1-3H3. The molecule has 1 aliphatic heterocycles. The van der Waals surface area contributed by atoms with Crippen LogP contribution in [0.2, 0.25) is 0 Å². The molecule has 3 heterocycles. The normalized spacial score (nSPS) is 14.0. The molecule has 2 aromatic heterocycles. The van der Waals surface area contributed by atoms with Crippen molar-refractivity contribution >= 4 is 39.2 Å². The third kappa shape index (κ3) is 3.30. The van der Waals surface area contributed by atoms with Crippen molar-refractivity contribution in [3.8, 4) is 5.69 Å². The van der Waals surface area contributed by atoms with E-state index in [1.165, 1.54) is 0 Å². The third-order valence-electron chi connectivity index (χ3n) is 4.64. The van der Waals surface area contributed by atoms with Crippen LogP contribution in [-0.2, 0) is 17.8 Å². The van der Waals surface area contributed by atoms with Gasteiger partial charge in [-0.15, -0.1) is 11.3 Å². The maximum Gasteiger partial charge on any atom is 0.267 e. The van der Waals surface area contributed by atoms with Gasteiger partial charge < -0.3 is 4.90 Å². The van der Waals surface area contributed by atoms with Crippen LogP contribution in [0.3, 0.4) is 0 Å². The predicted molar refractivity (Wildman–Crippen MR) is 111 cm³/mol. The van der Waals surface area contributed by atoms with Crippen molar-refractivity contribution in [2.45, 2.75) is 44.1 Å². The zero-order chi connectivity index (χ0) is 19.1. The summed E-state index contributed by atoms with van der Waals surface area (Å²) in [5, 5.41) is 1.75. The number of benzene rings is 1.